The third-order valence-electron chi connectivity index (χ3n) is 5.09. The van der Waals surface area contributed by atoms with Crippen molar-refractivity contribution in [2.75, 3.05) is 18.6 Å². The second kappa shape index (κ2) is 9.70. The number of sulfonamides is 1. The molecule has 2 aromatic rings. The van der Waals surface area contributed by atoms with Gasteiger partial charge in [-0.15, -0.1) is 0 Å². The Labute approximate surface area is 188 Å². The SMILES string of the molecule is COc1ccc(C(=O)O[C@H](C)C(=O)N2CCCc3ccccc32)cc1S(=O)(=O)NC(C)C. The second-order valence-corrected chi connectivity index (χ2v) is 9.59. The number of aryl methyl sites for hydroxylation is 1. The van der Waals surface area contributed by atoms with E-state index in [1.807, 2.05) is 24.3 Å². The summed E-state index contributed by atoms with van der Waals surface area (Å²) in [7, 11) is -2.57. The van der Waals surface area contributed by atoms with E-state index in [-0.39, 0.29) is 28.2 Å². The number of amides is 1. The number of carbonyl (C=O) groups excluding carboxylic acids is 2. The number of nitrogens with one attached hydrogen (secondary N) is 1. The van der Waals surface area contributed by atoms with Gasteiger partial charge in [0, 0.05) is 18.3 Å². The highest BCUT2D eigenvalue weighted by Crippen LogP contribution is 2.28. The van der Waals surface area contributed by atoms with E-state index < -0.39 is 22.1 Å². The van der Waals surface area contributed by atoms with Gasteiger partial charge in [0.15, 0.2) is 6.10 Å². The molecule has 0 saturated heterocycles. The molecule has 1 aliphatic rings. The molecule has 0 fully saturated rings. The number of para-hydroxylation sites is 1. The van der Waals surface area contributed by atoms with Gasteiger partial charge in [0.25, 0.3) is 5.91 Å². The van der Waals surface area contributed by atoms with E-state index in [0.717, 1.165) is 24.1 Å². The van der Waals surface area contributed by atoms with Gasteiger partial charge in [-0.25, -0.2) is 17.9 Å². The van der Waals surface area contributed by atoms with Crippen LogP contribution >= 0.6 is 0 Å². The van der Waals surface area contributed by atoms with Crippen LogP contribution in [0.15, 0.2) is 47.4 Å². The minimum absolute atomic E-state index is 0.00799. The zero-order valence-corrected chi connectivity index (χ0v) is 19.4. The summed E-state index contributed by atoms with van der Waals surface area (Å²) in [5.74, 6) is -1.02. The summed E-state index contributed by atoms with van der Waals surface area (Å²) < 4.78 is 38.3. The maximum atomic E-state index is 13.0. The van der Waals surface area contributed by atoms with Crippen LogP contribution in [0, 0.1) is 0 Å². The van der Waals surface area contributed by atoms with Crippen molar-refractivity contribution in [2.24, 2.45) is 0 Å². The molecule has 9 heteroatoms. The molecule has 32 heavy (non-hydrogen) atoms. The van der Waals surface area contributed by atoms with Gasteiger partial charge in [-0.3, -0.25) is 4.79 Å². The Morgan fingerprint density at radius 1 is 1.09 bits per heavy atom. The van der Waals surface area contributed by atoms with Crippen LogP contribution in [-0.4, -0.2) is 46.1 Å². The van der Waals surface area contributed by atoms with Crippen LogP contribution in [0.3, 0.4) is 0 Å². The van der Waals surface area contributed by atoms with Gasteiger partial charge in [0.2, 0.25) is 10.0 Å². The van der Waals surface area contributed by atoms with Crippen LogP contribution in [-0.2, 0) is 26.0 Å². The topological polar surface area (TPSA) is 102 Å². The van der Waals surface area contributed by atoms with Crippen molar-refractivity contribution in [3.05, 3.63) is 53.6 Å². The van der Waals surface area contributed by atoms with Crippen molar-refractivity contribution < 1.29 is 27.5 Å². The van der Waals surface area contributed by atoms with Gasteiger partial charge >= 0.3 is 5.97 Å². The number of benzene rings is 2. The molecule has 0 aromatic heterocycles. The number of ether oxygens (including phenoxy) is 2. The fourth-order valence-corrected chi connectivity index (χ4v) is 5.09. The Morgan fingerprint density at radius 2 is 1.81 bits per heavy atom. The van der Waals surface area contributed by atoms with E-state index in [1.54, 1.807) is 18.7 Å². The number of hydrogen-bond acceptors (Lipinski definition) is 6. The van der Waals surface area contributed by atoms with Crippen molar-refractivity contribution in [2.45, 2.75) is 50.7 Å². The molecule has 1 heterocycles. The molecule has 0 bridgehead atoms. The van der Waals surface area contributed by atoms with Gasteiger partial charge in [0.1, 0.15) is 10.6 Å². The lowest BCUT2D eigenvalue weighted by Gasteiger charge is -2.31. The Bertz CT molecular complexity index is 1110. The van der Waals surface area contributed by atoms with E-state index in [9.17, 15) is 18.0 Å². The smallest absolute Gasteiger partial charge is 0.338 e. The number of carbonyl (C=O) groups is 2. The highest BCUT2D eigenvalue weighted by molar-refractivity contribution is 7.89. The van der Waals surface area contributed by atoms with Crippen LogP contribution < -0.4 is 14.4 Å². The van der Waals surface area contributed by atoms with Gasteiger partial charge in [-0.05, 0) is 63.4 Å². The van der Waals surface area contributed by atoms with Crippen molar-refractivity contribution in [1.82, 2.24) is 4.72 Å². The van der Waals surface area contributed by atoms with Gasteiger partial charge < -0.3 is 14.4 Å². The first-order valence-corrected chi connectivity index (χ1v) is 11.9. The minimum Gasteiger partial charge on any atom is -0.495 e. The van der Waals surface area contributed by atoms with Crippen molar-refractivity contribution >= 4 is 27.6 Å². The Balaban J connectivity index is 1.80. The quantitative estimate of drug-likeness (QED) is 0.638. The minimum atomic E-state index is -3.91. The number of rotatable bonds is 7. The molecular weight excluding hydrogens is 432 g/mol. The molecule has 0 spiro atoms. The third kappa shape index (κ3) is 5.11. The molecular formula is C23H28N2O6S. The summed E-state index contributed by atoms with van der Waals surface area (Å²) in [5.41, 5.74) is 1.91. The first-order valence-electron chi connectivity index (χ1n) is 10.4. The molecule has 0 radical (unpaired) electrons. The number of fused-ring (bicyclic) bond motifs is 1. The maximum absolute atomic E-state index is 13.0. The molecule has 0 unspecified atom stereocenters. The summed E-state index contributed by atoms with van der Waals surface area (Å²) in [4.78, 5) is 27.2. The van der Waals surface area contributed by atoms with Crippen LogP contribution in [0.4, 0.5) is 5.69 Å². The van der Waals surface area contributed by atoms with E-state index >= 15 is 0 Å². The van der Waals surface area contributed by atoms with E-state index in [2.05, 4.69) is 4.72 Å². The average molecular weight is 461 g/mol. The zero-order valence-electron chi connectivity index (χ0n) is 18.6. The first kappa shape index (κ1) is 23.7. The lowest BCUT2D eigenvalue weighted by atomic mass is 10.0. The third-order valence-corrected chi connectivity index (χ3v) is 6.77. The number of anilines is 1. The van der Waals surface area contributed by atoms with Crippen molar-refractivity contribution in [1.29, 1.82) is 0 Å². The maximum Gasteiger partial charge on any atom is 0.338 e. The fourth-order valence-electron chi connectivity index (χ4n) is 3.65. The van der Waals surface area contributed by atoms with Crippen molar-refractivity contribution in [3.8, 4) is 5.75 Å². The van der Waals surface area contributed by atoms with E-state index in [4.69, 9.17) is 9.47 Å². The van der Waals surface area contributed by atoms with Gasteiger partial charge in [-0.1, -0.05) is 18.2 Å². The Hall–Kier alpha value is -2.91. The van der Waals surface area contributed by atoms with Crippen molar-refractivity contribution in [3.63, 3.8) is 0 Å². The summed E-state index contributed by atoms with van der Waals surface area (Å²) in [5, 5.41) is 0. The summed E-state index contributed by atoms with van der Waals surface area (Å²) in [6, 6.07) is 11.3. The Morgan fingerprint density at radius 3 is 2.50 bits per heavy atom. The summed E-state index contributed by atoms with van der Waals surface area (Å²) >= 11 is 0. The molecule has 1 amide bonds. The predicted molar refractivity (Wildman–Crippen MR) is 120 cm³/mol. The molecule has 0 aliphatic carbocycles. The van der Waals surface area contributed by atoms with Crippen LogP contribution in [0.25, 0.3) is 0 Å². The van der Waals surface area contributed by atoms with Crippen LogP contribution in [0.5, 0.6) is 5.75 Å². The first-order chi connectivity index (χ1) is 15.1. The molecule has 1 atom stereocenters. The molecule has 8 nitrogen and oxygen atoms in total. The standard InChI is InChI=1S/C23H28N2O6S/c1-15(2)24-32(28,29)21-14-18(11-12-20(21)30-4)23(27)31-16(3)22(26)25-13-7-9-17-8-5-6-10-19(17)25/h5-6,8,10-12,14-16,24H,7,9,13H2,1-4H3/t16-/m1/s1. The van der Waals surface area contributed by atoms with Crippen LogP contribution in [0.1, 0.15) is 43.1 Å². The Kier molecular flexibility index (Phi) is 7.20. The largest absolute Gasteiger partial charge is 0.495 e. The fraction of sp³-hybridized carbons (Fsp3) is 0.391. The van der Waals surface area contributed by atoms with Gasteiger partial charge in [0.05, 0.1) is 12.7 Å². The molecule has 2 aromatic carbocycles. The average Bonchev–Trinajstić information content (AvgIpc) is 2.76. The predicted octanol–water partition coefficient (Wildman–Crippen LogP) is 2.91. The lowest BCUT2D eigenvalue weighted by molar-refractivity contribution is -0.126. The number of esters is 1. The molecule has 0 saturated carbocycles. The number of methoxy groups -OCH3 is 1. The molecule has 1 aliphatic heterocycles. The summed E-state index contributed by atoms with van der Waals surface area (Å²) in [6.45, 7) is 5.44. The normalized spacial score (nSPS) is 14.6. The zero-order chi connectivity index (χ0) is 23.5. The lowest BCUT2D eigenvalue weighted by Crippen LogP contribution is -2.42. The number of hydrogen-bond donors (Lipinski definition) is 1. The van der Waals surface area contributed by atoms with E-state index in [0.29, 0.717) is 6.54 Å². The molecule has 172 valence electrons. The highest BCUT2D eigenvalue weighted by atomic mass is 32.2. The molecule has 1 N–H and O–H groups in total. The number of nitrogens with zero attached hydrogens (tertiary/aromatic N) is 1. The molecule has 3 rings (SSSR count). The monoisotopic (exact) mass is 460 g/mol. The highest BCUT2D eigenvalue weighted by Gasteiger charge is 2.29. The van der Waals surface area contributed by atoms with Gasteiger partial charge in [-0.2, -0.15) is 0 Å². The van der Waals surface area contributed by atoms with Crippen LogP contribution in [0.2, 0.25) is 0 Å². The van der Waals surface area contributed by atoms with E-state index in [1.165, 1.54) is 32.2 Å². The summed E-state index contributed by atoms with van der Waals surface area (Å²) in [6.07, 6.45) is 0.678. The second-order valence-electron chi connectivity index (χ2n) is 7.91.